The third kappa shape index (κ3) is 2.57. The molecule has 0 bridgehead atoms. The molecule has 0 aromatic heterocycles. The zero-order valence-corrected chi connectivity index (χ0v) is 11.3. The number of carbonyl (C=O) groups excluding carboxylic acids is 3. The molecule has 1 heterocycles. The lowest BCUT2D eigenvalue weighted by Crippen LogP contribution is -2.51. The smallest absolute Gasteiger partial charge is 0.325 e. The summed E-state index contributed by atoms with van der Waals surface area (Å²) in [7, 11) is 1.59. The molecule has 2 fully saturated rings. The van der Waals surface area contributed by atoms with Gasteiger partial charge < -0.3 is 10.2 Å². The molecular weight excluding hydrogens is 246 g/mol. The van der Waals surface area contributed by atoms with Crippen LogP contribution in [-0.2, 0) is 9.59 Å². The number of imide groups is 1. The number of rotatable bonds is 4. The van der Waals surface area contributed by atoms with Gasteiger partial charge in [0.05, 0.1) is 0 Å². The van der Waals surface area contributed by atoms with Crippen LogP contribution in [0.1, 0.15) is 44.9 Å². The lowest BCUT2D eigenvalue weighted by Gasteiger charge is -2.38. The van der Waals surface area contributed by atoms with Crippen molar-refractivity contribution in [3.8, 4) is 0 Å². The van der Waals surface area contributed by atoms with E-state index in [4.69, 9.17) is 0 Å². The van der Waals surface area contributed by atoms with Crippen LogP contribution in [0.15, 0.2) is 0 Å². The van der Waals surface area contributed by atoms with Crippen molar-refractivity contribution < 1.29 is 14.4 Å². The van der Waals surface area contributed by atoms with Crippen LogP contribution < -0.4 is 10.6 Å². The van der Waals surface area contributed by atoms with E-state index in [0.717, 1.165) is 32.1 Å². The molecule has 2 aliphatic rings. The number of nitrogens with zero attached hydrogens (tertiary/aromatic N) is 1. The largest absolute Gasteiger partial charge is 0.359 e. The molecule has 1 saturated carbocycles. The minimum Gasteiger partial charge on any atom is -0.359 e. The fourth-order valence-corrected chi connectivity index (χ4v) is 3.07. The average molecular weight is 267 g/mol. The van der Waals surface area contributed by atoms with Gasteiger partial charge >= 0.3 is 6.03 Å². The molecule has 2 N–H and O–H groups in total. The minimum absolute atomic E-state index is 0.0383. The van der Waals surface area contributed by atoms with Gasteiger partial charge in [0.2, 0.25) is 5.91 Å². The number of urea groups is 1. The first-order valence-corrected chi connectivity index (χ1v) is 6.94. The number of hydrogen-bond donors (Lipinski definition) is 2. The second-order valence-corrected chi connectivity index (χ2v) is 5.28. The summed E-state index contributed by atoms with van der Waals surface area (Å²) in [6, 6.07) is -0.302. The van der Waals surface area contributed by atoms with Crippen LogP contribution in [0.2, 0.25) is 0 Å². The van der Waals surface area contributed by atoms with Gasteiger partial charge in [0.1, 0.15) is 5.54 Å². The number of hydrogen-bond acceptors (Lipinski definition) is 3. The van der Waals surface area contributed by atoms with Crippen molar-refractivity contribution in [1.29, 1.82) is 0 Å². The Bertz CT molecular complexity index is 389. The van der Waals surface area contributed by atoms with E-state index in [2.05, 4.69) is 10.6 Å². The highest BCUT2D eigenvalue weighted by molar-refractivity contribution is 6.07. The van der Waals surface area contributed by atoms with Gasteiger partial charge in [0.15, 0.2) is 0 Å². The van der Waals surface area contributed by atoms with Crippen LogP contribution in [0.25, 0.3) is 0 Å². The Morgan fingerprint density at radius 1 is 1.32 bits per heavy atom. The first kappa shape index (κ1) is 13.8. The van der Waals surface area contributed by atoms with E-state index in [0.29, 0.717) is 19.4 Å². The Kier molecular flexibility index (Phi) is 4.07. The maximum atomic E-state index is 12.1. The van der Waals surface area contributed by atoms with Crippen LogP contribution in [0, 0.1) is 0 Å². The molecule has 6 nitrogen and oxygen atoms in total. The molecule has 106 valence electrons. The highest BCUT2D eigenvalue weighted by Gasteiger charge is 2.52. The van der Waals surface area contributed by atoms with Crippen molar-refractivity contribution in [3.63, 3.8) is 0 Å². The fraction of sp³-hybridized carbons (Fsp3) is 0.769. The predicted molar refractivity (Wildman–Crippen MR) is 69.4 cm³/mol. The standard InChI is InChI=1S/C13H21N3O3/c1-14-10(17)6-5-9-16-12(19)15-11(18)13(16)7-3-2-4-8-13/h2-9H2,1H3,(H,14,17)(H,15,18,19). The first-order chi connectivity index (χ1) is 9.10. The van der Waals surface area contributed by atoms with E-state index in [1.54, 1.807) is 11.9 Å². The summed E-state index contributed by atoms with van der Waals surface area (Å²) in [6.45, 7) is 0.463. The molecule has 1 aliphatic heterocycles. The van der Waals surface area contributed by atoms with Crippen molar-refractivity contribution in [2.24, 2.45) is 0 Å². The van der Waals surface area contributed by atoms with E-state index in [1.807, 2.05) is 0 Å². The van der Waals surface area contributed by atoms with E-state index in [9.17, 15) is 14.4 Å². The third-order valence-corrected chi connectivity index (χ3v) is 4.15. The van der Waals surface area contributed by atoms with Crippen molar-refractivity contribution >= 4 is 17.8 Å². The van der Waals surface area contributed by atoms with Crippen molar-refractivity contribution in [3.05, 3.63) is 0 Å². The summed E-state index contributed by atoms with van der Waals surface area (Å²) in [5, 5.41) is 4.98. The molecule has 1 spiro atoms. The maximum Gasteiger partial charge on any atom is 0.325 e. The zero-order chi connectivity index (χ0) is 13.9. The molecule has 6 heteroatoms. The summed E-state index contributed by atoms with van der Waals surface area (Å²) in [6.07, 6.45) is 5.52. The van der Waals surface area contributed by atoms with Gasteiger partial charge in [-0.1, -0.05) is 19.3 Å². The van der Waals surface area contributed by atoms with E-state index in [-0.39, 0.29) is 17.8 Å². The molecule has 1 aliphatic carbocycles. The molecule has 4 amide bonds. The number of carbonyl (C=O) groups is 3. The summed E-state index contributed by atoms with van der Waals surface area (Å²) >= 11 is 0. The summed E-state index contributed by atoms with van der Waals surface area (Å²) in [4.78, 5) is 36.8. The van der Waals surface area contributed by atoms with Crippen LogP contribution in [0.4, 0.5) is 4.79 Å². The van der Waals surface area contributed by atoms with Gasteiger partial charge in [0, 0.05) is 20.0 Å². The second kappa shape index (κ2) is 5.59. The van der Waals surface area contributed by atoms with Crippen LogP contribution in [0.3, 0.4) is 0 Å². The molecule has 19 heavy (non-hydrogen) atoms. The normalized spacial score (nSPS) is 21.6. The highest BCUT2D eigenvalue weighted by Crippen LogP contribution is 2.37. The van der Waals surface area contributed by atoms with Gasteiger partial charge in [0.25, 0.3) is 5.91 Å². The molecule has 0 aromatic carbocycles. The molecular formula is C13H21N3O3. The fourth-order valence-electron chi connectivity index (χ4n) is 3.07. The summed E-state index contributed by atoms with van der Waals surface area (Å²) < 4.78 is 0. The van der Waals surface area contributed by atoms with Gasteiger partial charge in [-0.15, -0.1) is 0 Å². The minimum atomic E-state index is -0.641. The molecule has 0 atom stereocenters. The van der Waals surface area contributed by atoms with E-state index in [1.165, 1.54) is 0 Å². The van der Waals surface area contributed by atoms with Crippen molar-refractivity contribution in [2.75, 3.05) is 13.6 Å². The summed E-state index contributed by atoms with van der Waals surface area (Å²) in [5.74, 6) is -0.194. The zero-order valence-electron chi connectivity index (χ0n) is 11.3. The number of amides is 4. The Labute approximate surface area is 112 Å². The predicted octanol–water partition coefficient (Wildman–Crippen LogP) is 0.767. The van der Waals surface area contributed by atoms with Crippen LogP contribution in [-0.4, -0.2) is 41.9 Å². The number of nitrogens with one attached hydrogen (secondary N) is 2. The Hall–Kier alpha value is -1.59. The molecule has 0 radical (unpaired) electrons. The van der Waals surface area contributed by atoms with Gasteiger partial charge in [-0.25, -0.2) is 4.79 Å². The Morgan fingerprint density at radius 3 is 2.63 bits per heavy atom. The van der Waals surface area contributed by atoms with E-state index >= 15 is 0 Å². The Morgan fingerprint density at radius 2 is 2.00 bits per heavy atom. The molecule has 2 rings (SSSR count). The topological polar surface area (TPSA) is 78.5 Å². The molecule has 0 unspecified atom stereocenters. The SMILES string of the molecule is CNC(=O)CCCN1C(=O)NC(=O)C12CCCCC2. The van der Waals surface area contributed by atoms with E-state index < -0.39 is 5.54 Å². The lowest BCUT2D eigenvalue weighted by molar-refractivity contribution is -0.128. The van der Waals surface area contributed by atoms with Gasteiger partial charge in [-0.2, -0.15) is 0 Å². The first-order valence-electron chi connectivity index (χ1n) is 6.94. The molecule has 1 saturated heterocycles. The van der Waals surface area contributed by atoms with Crippen molar-refractivity contribution in [1.82, 2.24) is 15.5 Å². The third-order valence-electron chi connectivity index (χ3n) is 4.15. The van der Waals surface area contributed by atoms with Crippen LogP contribution >= 0.6 is 0 Å². The van der Waals surface area contributed by atoms with Gasteiger partial charge in [-0.05, 0) is 19.3 Å². The average Bonchev–Trinajstić information content (AvgIpc) is 2.63. The second-order valence-electron chi connectivity index (χ2n) is 5.28. The van der Waals surface area contributed by atoms with Crippen molar-refractivity contribution in [2.45, 2.75) is 50.5 Å². The molecule has 0 aromatic rings. The van der Waals surface area contributed by atoms with Crippen LogP contribution in [0.5, 0.6) is 0 Å². The lowest BCUT2D eigenvalue weighted by atomic mass is 9.80. The Balaban J connectivity index is 2.01. The summed E-state index contributed by atoms with van der Waals surface area (Å²) in [5.41, 5.74) is -0.641. The highest BCUT2D eigenvalue weighted by atomic mass is 16.2. The quantitative estimate of drug-likeness (QED) is 0.738. The van der Waals surface area contributed by atoms with Gasteiger partial charge in [-0.3, -0.25) is 14.9 Å². The monoisotopic (exact) mass is 267 g/mol. The maximum absolute atomic E-state index is 12.1.